The van der Waals surface area contributed by atoms with E-state index < -0.39 is 11.7 Å². The predicted octanol–water partition coefficient (Wildman–Crippen LogP) is 2.74. The smallest absolute Gasteiger partial charge is 0.227 e. The van der Waals surface area contributed by atoms with Gasteiger partial charge < -0.3 is 15.1 Å². The van der Waals surface area contributed by atoms with Crippen molar-refractivity contribution in [3.8, 4) is 0 Å². The fourth-order valence-electron chi connectivity index (χ4n) is 3.44. The van der Waals surface area contributed by atoms with Crippen LogP contribution in [0.3, 0.4) is 0 Å². The Kier molecular flexibility index (Phi) is 6.04. The van der Waals surface area contributed by atoms with Crippen molar-refractivity contribution in [1.82, 2.24) is 10.2 Å². The van der Waals surface area contributed by atoms with E-state index in [0.717, 1.165) is 5.56 Å². The standard InChI is InChI=1S/C21H23F2N3O2/c1-25(2)19(14-6-5-7-16(22)10-14)12-24-21(28)15-11-20(27)26(13-15)18-9-4-3-8-17(18)23/h3-10,15,19H,11-13H2,1-2H3,(H,24,28). The maximum Gasteiger partial charge on any atom is 0.227 e. The molecule has 0 aromatic heterocycles. The van der Waals surface area contributed by atoms with Gasteiger partial charge in [-0.15, -0.1) is 0 Å². The highest BCUT2D eigenvalue weighted by Gasteiger charge is 2.36. The van der Waals surface area contributed by atoms with Gasteiger partial charge in [0.15, 0.2) is 0 Å². The van der Waals surface area contributed by atoms with Crippen molar-refractivity contribution in [2.45, 2.75) is 12.5 Å². The monoisotopic (exact) mass is 387 g/mol. The lowest BCUT2D eigenvalue weighted by molar-refractivity contribution is -0.126. The number of para-hydroxylation sites is 1. The van der Waals surface area contributed by atoms with Crippen molar-refractivity contribution < 1.29 is 18.4 Å². The summed E-state index contributed by atoms with van der Waals surface area (Å²) in [5.41, 5.74) is 0.939. The van der Waals surface area contributed by atoms with Gasteiger partial charge in [-0.05, 0) is 43.9 Å². The van der Waals surface area contributed by atoms with Crippen LogP contribution in [0.1, 0.15) is 18.0 Å². The summed E-state index contributed by atoms with van der Waals surface area (Å²) in [5.74, 6) is -1.93. The number of carbonyl (C=O) groups is 2. The molecule has 5 nitrogen and oxygen atoms in total. The van der Waals surface area contributed by atoms with Crippen molar-refractivity contribution >= 4 is 17.5 Å². The van der Waals surface area contributed by atoms with E-state index in [1.807, 2.05) is 19.0 Å². The minimum Gasteiger partial charge on any atom is -0.354 e. The first-order valence-electron chi connectivity index (χ1n) is 9.11. The van der Waals surface area contributed by atoms with Crippen LogP contribution in [0.5, 0.6) is 0 Å². The van der Waals surface area contributed by atoms with Gasteiger partial charge in [-0.25, -0.2) is 8.78 Å². The van der Waals surface area contributed by atoms with E-state index in [-0.39, 0.29) is 48.9 Å². The van der Waals surface area contributed by atoms with E-state index >= 15 is 0 Å². The first-order chi connectivity index (χ1) is 13.4. The van der Waals surface area contributed by atoms with Crippen LogP contribution >= 0.6 is 0 Å². The molecule has 0 bridgehead atoms. The van der Waals surface area contributed by atoms with Gasteiger partial charge in [0.25, 0.3) is 0 Å². The van der Waals surface area contributed by atoms with Crippen LogP contribution in [0.25, 0.3) is 0 Å². The van der Waals surface area contributed by atoms with Crippen LogP contribution in [-0.2, 0) is 9.59 Å². The van der Waals surface area contributed by atoms with E-state index in [1.54, 1.807) is 24.3 Å². The first-order valence-corrected chi connectivity index (χ1v) is 9.11. The number of nitrogens with zero attached hydrogens (tertiary/aromatic N) is 2. The summed E-state index contributed by atoms with van der Waals surface area (Å²) in [6.07, 6.45) is 0.0345. The van der Waals surface area contributed by atoms with Crippen LogP contribution < -0.4 is 10.2 Å². The molecule has 148 valence electrons. The molecule has 0 saturated carbocycles. The molecule has 2 atom stereocenters. The molecule has 0 radical (unpaired) electrons. The lowest BCUT2D eigenvalue weighted by Gasteiger charge is -2.25. The van der Waals surface area contributed by atoms with Crippen LogP contribution in [0.15, 0.2) is 48.5 Å². The average molecular weight is 387 g/mol. The minimum atomic E-state index is -0.553. The van der Waals surface area contributed by atoms with Crippen LogP contribution in [-0.4, -0.2) is 43.9 Å². The number of benzene rings is 2. The highest BCUT2D eigenvalue weighted by molar-refractivity contribution is 6.00. The Bertz CT molecular complexity index is 872. The number of nitrogens with one attached hydrogen (secondary N) is 1. The Hall–Kier alpha value is -2.80. The highest BCUT2D eigenvalue weighted by atomic mass is 19.1. The first kappa shape index (κ1) is 19.9. The maximum absolute atomic E-state index is 14.0. The third kappa shape index (κ3) is 4.36. The summed E-state index contributed by atoms with van der Waals surface area (Å²) in [5, 5.41) is 2.86. The van der Waals surface area contributed by atoms with Crippen molar-refractivity contribution in [2.24, 2.45) is 5.92 Å². The number of hydrogen-bond donors (Lipinski definition) is 1. The Morgan fingerprint density at radius 1 is 1.21 bits per heavy atom. The third-order valence-corrected chi connectivity index (χ3v) is 4.97. The van der Waals surface area contributed by atoms with E-state index in [9.17, 15) is 18.4 Å². The van der Waals surface area contributed by atoms with Gasteiger partial charge in [0.1, 0.15) is 11.6 Å². The largest absolute Gasteiger partial charge is 0.354 e. The molecular formula is C21H23F2N3O2. The summed E-state index contributed by atoms with van der Waals surface area (Å²) in [6.45, 7) is 0.415. The number of rotatable bonds is 6. The van der Waals surface area contributed by atoms with Crippen molar-refractivity contribution in [1.29, 1.82) is 0 Å². The fourth-order valence-corrected chi connectivity index (χ4v) is 3.44. The highest BCUT2D eigenvalue weighted by Crippen LogP contribution is 2.27. The molecule has 1 saturated heterocycles. The summed E-state index contributed by atoms with van der Waals surface area (Å²) >= 11 is 0. The van der Waals surface area contributed by atoms with E-state index in [0.29, 0.717) is 0 Å². The normalized spacial score (nSPS) is 17.8. The minimum absolute atomic E-state index is 0.0345. The van der Waals surface area contributed by atoms with E-state index in [4.69, 9.17) is 0 Å². The second-order valence-corrected chi connectivity index (χ2v) is 7.14. The molecule has 2 aromatic carbocycles. The molecule has 1 heterocycles. The van der Waals surface area contributed by atoms with Crippen molar-refractivity contribution in [3.05, 3.63) is 65.7 Å². The van der Waals surface area contributed by atoms with Gasteiger partial charge in [-0.3, -0.25) is 9.59 Å². The molecule has 2 aromatic rings. The van der Waals surface area contributed by atoms with Gasteiger partial charge >= 0.3 is 0 Å². The maximum atomic E-state index is 14.0. The summed E-state index contributed by atoms with van der Waals surface area (Å²) in [4.78, 5) is 28.1. The van der Waals surface area contributed by atoms with Crippen LogP contribution in [0.4, 0.5) is 14.5 Å². The molecule has 2 amide bonds. The van der Waals surface area contributed by atoms with Gasteiger partial charge in [-0.1, -0.05) is 24.3 Å². The second kappa shape index (κ2) is 8.48. The van der Waals surface area contributed by atoms with Gasteiger partial charge in [-0.2, -0.15) is 0 Å². The molecule has 1 fully saturated rings. The molecule has 0 spiro atoms. The van der Waals surface area contributed by atoms with Gasteiger partial charge in [0.05, 0.1) is 17.6 Å². The fraction of sp³-hybridized carbons (Fsp3) is 0.333. The van der Waals surface area contributed by atoms with Crippen LogP contribution in [0, 0.1) is 17.6 Å². The van der Waals surface area contributed by atoms with Crippen LogP contribution in [0.2, 0.25) is 0 Å². The molecule has 28 heavy (non-hydrogen) atoms. The lowest BCUT2D eigenvalue weighted by atomic mass is 10.0. The molecule has 7 heteroatoms. The molecule has 3 rings (SSSR count). The number of hydrogen-bond acceptors (Lipinski definition) is 3. The molecule has 1 aliphatic heterocycles. The van der Waals surface area contributed by atoms with E-state index in [2.05, 4.69) is 5.32 Å². The third-order valence-electron chi connectivity index (χ3n) is 4.97. The van der Waals surface area contributed by atoms with Crippen molar-refractivity contribution in [3.63, 3.8) is 0 Å². The SMILES string of the molecule is CN(C)C(CNC(=O)C1CC(=O)N(c2ccccc2F)C1)c1cccc(F)c1. The predicted molar refractivity (Wildman–Crippen MR) is 103 cm³/mol. The number of amides is 2. The Balaban J connectivity index is 1.65. The molecule has 1 N–H and O–H groups in total. The molecule has 0 aliphatic carbocycles. The second-order valence-electron chi connectivity index (χ2n) is 7.14. The lowest BCUT2D eigenvalue weighted by Crippen LogP contribution is -2.38. The number of likely N-dealkylation sites (N-methyl/N-ethyl adjacent to an activating group) is 1. The summed E-state index contributed by atoms with van der Waals surface area (Å²) in [7, 11) is 3.70. The zero-order chi connectivity index (χ0) is 20.3. The Morgan fingerprint density at radius 3 is 2.64 bits per heavy atom. The molecular weight excluding hydrogens is 364 g/mol. The molecule has 1 aliphatic rings. The Morgan fingerprint density at radius 2 is 1.96 bits per heavy atom. The number of halogens is 2. The average Bonchev–Trinajstić information content (AvgIpc) is 3.03. The quantitative estimate of drug-likeness (QED) is 0.829. The van der Waals surface area contributed by atoms with Gasteiger partial charge in [0.2, 0.25) is 11.8 Å². The number of carbonyl (C=O) groups excluding carboxylic acids is 2. The number of anilines is 1. The zero-order valence-electron chi connectivity index (χ0n) is 15.9. The summed E-state index contributed by atoms with van der Waals surface area (Å²) < 4.78 is 27.5. The molecule has 2 unspecified atom stereocenters. The van der Waals surface area contributed by atoms with Crippen molar-refractivity contribution in [2.75, 3.05) is 32.1 Å². The zero-order valence-corrected chi connectivity index (χ0v) is 15.9. The topological polar surface area (TPSA) is 52.7 Å². The van der Waals surface area contributed by atoms with Gasteiger partial charge in [0, 0.05) is 19.5 Å². The van der Waals surface area contributed by atoms with E-state index in [1.165, 1.54) is 29.2 Å². The summed E-state index contributed by atoms with van der Waals surface area (Å²) in [6, 6.07) is 12.1. The Labute approximate surface area is 162 Å².